The lowest BCUT2D eigenvalue weighted by atomic mass is 10.1. The fourth-order valence-corrected chi connectivity index (χ4v) is 3.66. The van der Waals surface area contributed by atoms with Gasteiger partial charge in [-0.25, -0.2) is 9.78 Å². The fraction of sp³-hybridized carbons (Fsp3) is 0.0345. The maximum absolute atomic E-state index is 13.0. The number of pyridine rings is 2. The van der Waals surface area contributed by atoms with Crippen molar-refractivity contribution in [2.75, 3.05) is 11.9 Å². The molecule has 7 heteroatoms. The average molecular weight is 476 g/mol. The molecule has 1 N–H and O–H groups in total. The zero-order valence-electron chi connectivity index (χ0n) is 19.1. The number of amides is 1. The van der Waals surface area contributed by atoms with Crippen molar-refractivity contribution in [1.29, 1.82) is 0 Å². The summed E-state index contributed by atoms with van der Waals surface area (Å²) in [5.74, 6) is -0.00654. The maximum atomic E-state index is 13.0. The summed E-state index contributed by atoms with van der Waals surface area (Å²) in [5, 5.41) is 3.38. The van der Waals surface area contributed by atoms with Crippen LogP contribution in [0.15, 0.2) is 109 Å². The number of para-hydroxylation sites is 4. The van der Waals surface area contributed by atoms with Crippen LogP contribution in [0.3, 0.4) is 0 Å². The average Bonchev–Trinajstić information content (AvgIpc) is 2.93. The van der Waals surface area contributed by atoms with Crippen molar-refractivity contribution in [3.8, 4) is 22.9 Å². The normalized spacial score (nSPS) is 10.6. The van der Waals surface area contributed by atoms with Crippen molar-refractivity contribution in [2.24, 2.45) is 0 Å². The Bertz CT molecular complexity index is 1520. The number of esters is 1. The molecular formula is C29H21N3O4. The molecule has 36 heavy (non-hydrogen) atoms. The second kappa shape index (κ2) is 10.5. The van der Waals surface area contributed by atoms with Crippen LogP contribution in [0.25, 0.3) is 22.3 Å². The minimum Gasteiger partial charge on any atom is -0.455 e. The molecular weight excluding hydrogens is 454 g/mol. The number of benzene rings is 3. The predicted molar refractivity (Wildman–Crippen MR) is 137 cm³/mol. The van der Waals surface area contributed by atoms with Crippen LogP contribution in [0, 0.1) is 0 Å². The zero-order chi connectivity index (χ0) is 24.7. The minimum atomic E-state index is -0.630. The molecule has 2 heterocycles. The molecule has 0 aliphatic carbocycles. The van der Waals surface area contributed by atoms with Crippen LogP contribution in [0.1, 0.15) is 10.4 Å². The predicted octanol–water partition coefficient (Wildman–Crippen LogP) is 5.88. The molecule has 5 rings (SSSR count). The van der Waals surface area contributed by atoms with Crippen LogP contribution in [0.4, 0.5) is 5.69 Å². The van der Waals surface area contributed by atoms with E-state index in [1.54, 1.807) is 42.6 Å². The smallest absolute Gasteiger partial charge is 0.339 e. The number of anilines is 1. The number of hydrogen-bond donors (Lipinski definition) is 1. The van der Waals surface area contributed by atoms with Gasteiger partial charge in [0.05, 0.1) is 28.2 Å². The summed E-state index contributed by atoms with van der Waals surface area (Å²) in [6.45, 7) is -0.464. The number of nitrogens with zero attached hydrogens (tertiary/aromatic N) is 2. The highest BCUT2D eigenvalue weighted by Gasteiger charge is 2.17. The lowest BCUT2D eigenvalue weighted by Crippen LogP contribution is -2.21. The van der Waals surface area contributed by atoms with Crippen molar-refractivity contribution in [3.63, 3.8) is 0 Å². The van der Waals surface area contributed by atoms with Gasteiger partial charge in [0.1, 0.15) is 5.75 Å². The fourth-order valence-electron chi connectivity index (χ4n) is 3.66. The first-order valence-corrected chi connectivity index (χ1v) is 11.3. The SMILES string of the molecule is O=C(COC(=O)c1cc(-c2ccccn2)nc2ccccc12)Nc1ccccc1Oc1ccccc1. The molecule has 1 amide bonds. The van der Waals surface area contributed by atoms with Crippen molar-refractivity contribution in [1.82, 2.24) is 9.97 Å². The van der Waals surface area contributed by atoms with Crippen LogP contribution in [-0.4, -0.2) is 28.5 Å². The number of ether oxygens (including phenoxy) is 2. The number of fused-ring (bicyclic) bond motifs is 1. The maximum Gasteiger partial charge on any atom is 0.339 e. The number of aromatic nitrogens is 2. The molecule has 0 unspecified atom stereocenters. The van der Waals surface area contributed by atoms with E-state index in [-0.39, 0.29) is 0 Å². The Balaban J connectivity index is 1.31. The first kappa shape index (κ1) is 22.7. The Kier molecular flexibility index (Phi) is 6.62. The molecule has 0 spiro atoms. The lowest BCUT2D eigenvalue weighted by molar-refractivity contribution is -0.119. The number of carbonyl (C=O) groups excluding carboxylic acids is 2. The Morgan fingerprint density at radius 2 is 1.53 bits per heavy atom. The van der Waals surface area contributed by atoms with E-state index in [1.807, 2.05) is 66.7 Å². The highest BCUT2D eigenvalue weighted by molar-refractivity contribution is 6.05. The molecule has 5 aromatic rings. The van der Waals surface area contributed by atoms with Crippen LogP contribution < -0.4 is 10.1 Å². The van der Waals surface area contributed by atoms with Crippen LogP contribution >= 0.6 is 0 Å². The number of rotatable bonds is 7. The molecule has 0 atom stereocenters. The van der Waals surface area contributed by atoms with E-state index in [0.717, 1.165) is 0 Å². The van der Waals surface area contributed by atoms with Crippen LogP contribution in [-0.2, 0) is 9.53 Å². The van der Waals surface area contributed by atoms with E-state index in [4.69, 9.17) is 9.47 Å². The van der Waals surface area contributed by atoms with E-state index in [9.17, 15) is 9.59 Å². The van der Waals surface area contributed by atoms with Gasteiger partial charge in [0, 0.05) is 11.6 Å². The highest BCUT2D eigenvalue weighted by atomic mass is 16.5. The Morgan fingerprint density at radius 3 is 2.36 bits per heavy atom. The summed E-state index contributed by atoms with van der Waals surface area (Å²) in [6.07, 6.45) is 1.66. The van der Waals surface area contributed by atoms with Gasteiger partial charge >= 0.3 is 5.97 Å². The van der Waals surface area contributed by atoms with Gasteiger partial charge in [0.25, 0.3) is 5.91 Å². The van der Waals surface area contributed by atoms with Crippen LogP contribution in [0.5, 0.6) is 11.5 Å². The topological polar surface area (TPSA) is 90.4 Å². The summed E-state index contributed by atoms with van der Waals surface area (Å²) in [7, 11) is 0. The first-order valence-electron chi connectivity index (χ1n) is 11.3. The van der Waals surface area contributed by atoms with Gasteiger partial charge in [-0.2, -0.15) is 0 Å². The van der Waals surface area contributed by atoms with E-state index in [0.29, 0.717) is 45.0 Å². The molecule has 2 aromatic heterocycles. The molecule has 0 aliphatic rings. The second-order valence-corrected chi connectivity index (χ2v) is 7.82. The third-order valence-corrected chi connectivity index (χ3v) is 5.33. The first-order chi connectivity index (χ1) is 17.7. The number of nitrogens with one attached hydrogen (secondary N) is 1. The third-order valence-electron chi connectivity index (χ3n) is 5.33. The molecule has 0 saturated heterocycles. The van der Waals surface area contributed by atoms with E-state index < -0.39 is 18.5 Å². The third kappa shape index (κ3) is 5.20. The summed E-state index contributed by atoms with van der Waals surface area (Å²) in [4.78, 5) is 34.6. The van der Waals surface area contributed by atoms with Crippen molar-refractivity contribution in [3.05, 3.63) is 115 Å². The molecule has 0 aliphatic heterocycles. The summed E-state index contributed by atoms with van der Waals surface area (Å²) >= 11 is 0. The summed E-state index contributed by atoms with van der Waals surface area (Å²) in [5.41, 5.74) is 2.57. The van der Waals surface area contributed by atoms with E-state index in [1.165, 1.54) is 0 Å². The number of hydrogen-bond acceptors (Lipinski definition) is 6. The quantitative estimate of drug-likeness (QED) is 0.296. The molecule has 0 fully saturated rings. The molecule has 7 nitrogen and oxygen atoms in total. The largest absolute Gasteiger partial charge is 0.455 e. The van der Waals surface area contributed by atoms with Gasteiger partial charge in [-0.15, -0.1) is 0 Å². The van der Waals surface area contributed by atoms with Crippen LogP contribution in [0.2, 0.25) is 0 Å². The monoisotopic (exact) mass is 475 g/mol. The molecule has 176 valence electrons. The van der Waals surface area contributed by atoms with Gasteiger partial charge in [-0.1, -0.05) is 54.6 Å². The van der Waals surface area contributed by atoms with Gasteiger partial charge in [0.15, 0.2) is 12.4 Å². The van der Waals surface area contributed by atoms with Crippen molar-refractivity contribution < 1.29 is 19.1 Å². The Hall–Kier alpha value is -5.04. The van der Waals surface area contributed by atoms with Gasteiger partial charge < -0.3 is 14.8 Å². The van der Waals surface area contributed by atoms with Crippen molar-refractivity contribution >= 4 is 28.5 Å². The summed E-state index contributed by atoms with van der Waals surface area (Å²) in [6, 6.07) is 30.7. The Morgan fingerprint density at radius 1 is 0.778 bits per heavy atom. The minimum absolute atomic E-state index is 0.307. The Labute approximate surface area is 207 Å². The van der Waals surface area contributed by atoms with Gasteiger partial charge in [-0.3, -0.25) is 9.78 Å². The molecule has 0 radical (unpaired) electrons. The van der Waals surface area contributed by atoms with Gasteiger partial charge in [0.2, 0.25) is 0 Å². The summed E-state index contributed by atoms with van der Waals surface area (Å²) < 4.78 is 11.3. The molecule has 0 bridgehead atoms. The van der Waals surface area contributed by atoms with E-state index in [2.05, 4.69) is 15.3 Å². The molecule has 0 saturated carbocycles. The van der Waals surface area contributed by atoms with E-state index >= 15 is 0 Å². The lowest BCUT2D eigenvalue weighted by Gasteiger charge is -2.13. The second-order valence-electron chi connectivity index (χ2n) is 7.82. The van der Waals surface area contributed by atoms with Gasteiger partial charge in [-0.05, 0) is 48.5 Å². The van der Waals surface area contributed by atoms with Crippen molar-refractivity contribution in [2.45, 2.75) is 0 Å². The standard InChI is InChI=1S/C29H21N3O4/c33-28(32-25-15-6-7-16-27(25)36-20-10-2-1-3-11-20)19-35-29(34)22-18-26(24-14-8-9-17-30-24)31-23-13-5-4-12-21(22)23/h1-18H,19H2,(H,32,33). The zero-order valence-corrected chi connectivity index (χ0v) is 19.1. The number of carbonyl (C=O) groups is 2. The highest BCUT2D eigenvalue weighted by Crippen LogP contribution is 2.29. The molecule has 3 aromatic carbocycles.